The summed E-state index contributed by atoms with van der Waals surface area (Å²) in [6, 6.07) is 2.93. The molecule has 1 N–H and O–H groups in total. The lowest BCUT2D eigenvalue weighted by molar-refractivity contribution is -0.305. The molecule has 1 nitrogen and oxygen atoms in total. The first-order valence-corrected chi connectivity index (χ1v) is 5.49. The fourth-order valence-corrected chi connectivity index (χ4v) is 1.85. The molecule has 0 saturated heterocycles. The molecule has 0 amide bonds. The zero-order chi connectivity index (χ0) is 15.7. The molecule has 0 aliphatic heterocycles. The maximum Gasteiger partial charge on any atom is 0.403 e. The standard InChI is InChI=1S/C12H11F7O/c1-6-4-8(13)3-2-7(6)5-9(20)10(11(14,15)16)12(17,18)19/h2-4,9-10,20H,5H2,1H3. The zero-order valence-corrected chi connectivity index (χ0v) is 10.2. The van der Waals surface area contributed by atoms with Crippen LogP contribution < -0.4 is 0 Å². The number of aliphatic hydroxyl groups is 1. The van der Waals surface area contributed by atoms with Gasteiger partial charge in [-0.2, -0.15) is 26.3 Å². The summed E-state index contributed by atoms with van der Waals surface area (Å²) in [5.41, 5.74) is 0.199. The number of aryl methyl sites for hydroxylation is 1. The van der Waals surface area contributed by atoms with Crippen molar-refractivity contribution in [3.63, 3.8) is 0 Å². The van der Waals surface area contributed by atoms with E-state index in [0.717, 1.165) is 18.2 Å². The summed E-state index contributed by atoms with van der Waals surface area (Å²) in [6.07, 6.45) is -14.8. The van der Waals surface area contributed by atoms with Crippen LogP contribution in [0.25, 0.3) is 0 Å². The highest BCUT2D eigenvalue weighted by Gasteiger charge is 2.59. The molecular weight excluding hydrogens is 293 g/mol. The van der Waals surface area contributed by atoms with Crippen molar-refractivity contribution in [2.75, 3.05) is 0 Å². The molecule has 0 radical (unpaired) electrons. The van der Waals surface area contributed by atoms with E-state index < -0.39 is 36.6 Å². The normalized spacial score (nSPS) is 14.7. The highest BCUT2D eigenvalue weighted by atomic mass is 19.4. The number of rotatable bonds is 3. The van der Waals surface area contributed by atoms with E-state index in [-0.39, 0.29) is 11.1 Å². The summed E-state index contributed by atoms with van der Waals surface area (Å²) in [4.78, 5) is 0. The first kappa shape index (κ1) is 16.7. The van der Waals surface area contributed by atoms with Crippen molar-refractivity contribution in [2.45, 2.75) is 31.8 Å². The molecule has 0 aliphatic rings. The van der Waals surface area contributed by atoms with Crippen LogP contribution >= 0.6 is 0 Å². The van der Waals surface area contributed by atoms with Gasteiger partial charge in [-0.15, -0.1) is 0 Å². The minimum atomic E-state index is -5.61. The third kappa shape index (κ3) is 4.09. The molecule has 0 fully saturated rings. The van der Waals surface area contributed by atoms with E-state index in [1.54, 1.807) is 0 Å². The molecular formula is C12H11F7O. The summed E-state index contributed by atoms with van der Waals surface area (Å²) in [5, 5.41) is 9.29. The number of benzene rings is 1. The van der Waals surface area contributed by atoms with Crippen LogP contribution in [-0.2, 0) is 6.42 Å². The smallest absolute Gasteiger partial charge is 0.392 e. The van der Waals surface area contributed by atoms with Crippen molar-refractivity contribution in [1.82, 2.24) is 0 Å². The van der Waals surface area contributed by atoms with Gasteiger partial charge in [0.1, 0.15) is 5.82 Å². The number of aliphatic hydroxyl groups excluding tert-OH is 1. The molecule has 0 aromatic heterocycles. The molecule has 0 saturated carbocycles. The molecule has 1 aromatic rings. The highest BCUT2D eigenvalue weighted by Crippen LogP contribution is 2.42. The maximum absolute atomic E-state index is 12.8. The summed E-state index contributed by atoms with van der Waals surface area (Å²) >= 11 is 0. The van der Waals surface area contributed by atoms with Gasteiger partial charge in [0.05, 0.1) is 6.10 Å². The average Bonchev–Trinajstić information content (AvgIpc) is 2.17. The number of hydrogen-bond acceptors (Lipinski definition) is 1. The topological polar surface area (TPSA) is 20.2 Å². The molecule has 1 atom stereocenters. The Morgan fingerprint density at radius 2 is 1.55 bits per heavy atom. The second-order valence-electron chi connectivity index (χ2n) is 4.40. The minimum absolute atomic E-state index is 0.0254. The zero-order valence-electron chi connectivity index (χ0n) is 10.2. The van der Waals surface area contributed by atoms with E-state index in [2.05, 4.69) is 0 Å². The van der Waals surface area contributed by atoms with Crippen LogP contribution in [0, 0.1) is 18.7 Å². The lowest BCUT2D eigenvalue weighted by atomic mass is 9.93. The molecule has 0 aliphatic carbocycles. The van der Waals surface area contributed by atoms with E-state index in [9.17, 15) is 35.8 Å². The fourth-order valence-electron chi connectivity index (χ4n) is 1.85. The van der Waals surface area contributed by atoms with E-state index >= 15 is 0 Å². The van der Waals surface area contributed by atoms with Gasteiger partial charge in [-0.05, 0) is 36.6 Å². The van der Waals surface area contributed by atoms with Crippen LogP contribution in [0.15, 0.2) is 18.2 Å². The van der Waals surface area contributed by atoms with Crippen molar-refractivity contribution in [3.8, 4) is 0 Å². The van der Waals surface area contributed by atoms with Crippen molar-refractivity contribution in [2.24, 2.45) is 5.92 Å². The Kier molecular flexibility index (Phi) is 4.68. The van der Waals surface area contributed by atoms with E-state index in [1.807, 2.05) is 0 Å². The summed E-state index contributed by atoms with van der Waals surface area (Å²) in [6.45, 7) is 1.33. The first-order valence-electron chi connectivity index (χ1n) is 5.49. The number of alkyl halides is 6. The summed E-state index contributed by atoms with van der Waals surface area (Å²) < 4.78 is 87.2. The largest absolute Gasteiger partial charge is 0.403 e. The van der Waals surface area contributed by atoms with Gasteiger partial charge in [-0.25, -0.2) is 4.39 Å². The quantitative estimate of drug-likeness (QED) is 0.843. The Bertz CT molecular complexity index is 450. The Morgan fingerprint density at radius 1 is 1.05 bits per heavy atom. The second-order valence-corrected chi connectivity index (χ2v) is 4.40. The Morgan fingerprint density at radius 3 is 1.95 bits per heavy atom. The molecule has 0 bridgehead atoms. The summed E-state index contributed by atoms with van der Waals surface area (Å²) in [5.74, 6) is -4.50. The third-order valence-electron chi connectivity index (χ3n) is 2.82. The Hall–Kier alpha value is -1.31. The molecule has 1 rings (SSSR count). The van der Waals surface area contributed by atoms with Crippen LogP contribution in [0.1, 0.15) is 11.1 Å². The second kappa shape index (κ2) is 5.59. The molecule has 0 heterocycles. The van der Waals surface area contributed by atoms with Gasteiger partial charge in [0.15, 0.2) is 5.92 Å². The van der Waals surface area contributed by atoms with Crippen LogP contribution in [0.4, 0.5) is 30.7 Å². The maximum atomic E-state index is 12.8. The number of hydrogen-bond donors (Lipinski definition) is 1. The fraction of sp³-hybridized carbons (Fsp3) is 0.500. The van der Waals surface area contributed by atoms with Gasteiger partial charge in [-0.1, -0.05) is 6.07 Å². The third-order valence-corrected chi connectivity index (χ3v) is 2.82. The minimum Gasteiger partial charge on any atom is -0.392 e. The van der Waals surface area contributed by atoms with Gasteiger partial charge in [0.2, 0.25) is 0 Å². The molecule has 1 unspecified atom stereocenters. The molecule has 20 heavy (non-hydrogen) atoms. The predicted molar refractivity (Wildman–Crippen MR) is 56.4 cm³/mol. The van der Waals surface area contributed by atoms with Gasteiger partial charge in [-0.3, -0.25) is 0 Å². The van der Waals surface area contributed by atoms with Crippen LogP contribution in [-0.4, -0.2) is 23.6 Å². The van der Waals surface area contributed by atoms with Crippen molar-refractivity contribution < 1.29 is 35.8 Å². The van der Waals surface area contributed by atoms with Crippen LogP contribution in [0.3, 0.4) is 0 Å². The summed E-state index contributed by atoms with van der Waals surface area (Å²) in [7, 11) is 0. The van der Waals surface area contributed by atoms with E-state index in [1.165, 1.54) is 6.92 Å². The van der Waals surface area contributed by atoms with Crippen molar-refractivity contribution in [1.29, 1.82) is 0 Å². The number of halogens is 7. The van der Waals surface area contributed by atoms with E-state index in [0.29, 0.717) is 0 Å². The van der Waals surface area contributed by atoms with E-state index in [4.69, 9.17) is 0 Å². The SMILES string of the molecule is Cc1cc(F)ccc1CC(O)C(C(F)(F)F)C(F)(F)F. The van der Waals surface area contributed by atoms with Gasteiger partial charge >= 0.3 is 12.4 Å². The Balaban J connectivity index is 3.00. The predicted octanol–water partition coefficient (Wildman–Crippen LogP) is 3.78. The molecule has 1 aromatic carbocycles. The van der Waals surface area contributed by atoms with Crippen LogP contribution in [0.2, 0.25) is 0 Å². The van der Waals surface area contributed by atoms with Crippen molar-refractivity contribution >= 4 is 0 Å². The monoisotopic (exact) mass is 304 g/mol. The van der Waals surface area contributed by atoms with Gasteiger partial charge in [0.25, 0.3) is 0 Å². The molecule has 0 spiro atoms. The van der Waals surface area contributed by atoms with Crippen LogP contribution in [0.5, 0.6) is 0 Å². The lowest BCUT2D eigenvalue weighted by Gasteiger charge is -2.27. The molecule has 8 heteroatoms. The van der Waals surface area contributed by atoms with Gasteiger partial charge < -0.3 is 5.11 Å². The molecule has 114 valence electrons. The average molecular weight is 304 g/mol. The Labute approximate surface area is 110 Å². The first-order chi connectivity index (χ1) is 8.93. The highest BCUT2D eigenvalue weighted by molar-refractivity contribution is 5.27. The van der Waals surface area contributed by atoms with Crippen molar-refractivity contribution in [3.05, 3.63) is 35.1 Å². The van der Waals surface area contributed by atoms with Gasteiger partial charge in [0, 0.05) is 0 Å². The lowest BCUT2D eigenvalue weighted by Crippen LogP contribution is -2.45.